The molecular formula is C51H39N. The molecule has 0 spiro atoms. The summed E-state index contributed by atoms with van der Waals surface area (Å²) in [6.45, 7) is 4.72. The van der Waals surface area contributed by atoms with Crippen LogP contribution in [0.4, 0.5) is 17.1 Å². The van der Waals surface area contributed by atoms with Gasteiger partial charge in [0.1, 0.15) is 0 Å². The van der Waals surface area contributed by atoms with Crippen LogP contribution in [0, 0.1) is 0 Å². The quantitative estimate of drug-likeness (QED) is 0.164. The second-order valence-electron chi connectivity index (χ2n) is 14.1. The van der Waals surface area contributed by atoms with Crippen LogP contribution in [0.5, 0.6) is 0 Å². The van der Waals surface area contributed by atoms with E-state index in [4.69, 9.17) is 0 Å². The van der Waals surface area contributed by atoms with Crippen LogP contribution in [0.1, 0.15) is 25.0 Å². The zero-order chi connectivity index (χ0) is 35.1. The molecule has 1 aliphatic rings. The van der Waals surface area contributed by atoms with Crippen LogP contribution in [0.2, 0.25) is 0 Å². The predicted molar refractivity (Wildman–Crippen MR) is 220 cm³/mol. The molecule has 0 amide bonds. The van der Waals surface area contributed by atoms with Crippen molar-refractivity contribution in [1.82, 2.24) is 0 Å². The summed E-state index contributed by atoms with van der Waals surface area (Å²) in [6.07, 6.45) is 0. The van der Waals surface area contributed by atoms with Crippen molar-refractivity contribution in [1.29, 1.82) is 0 Å². The Kier molecular flexibility index (Phi) is 7.90. The highest BCUT2D eigenvalue weighted by Crippen LogP contribution is 2.52. The van der Waals surface area contributed by atoms with E-state index in [2.05, 4.69) is 219 Å². The van der Waals surface area contributed by atoms with E-state index >= 15 is 0 Å². The molecule has 0 saturated carbocycles. The average molecular weight is 666 g/mol. The van der Waals surface area contributed by atoms with Gasteiger partial charge in [0, 0.05) is 22.4 Å². The van der Waals surface area contributed by atoms with E-state index in [0.717, 1.165) is 17.1 Å². The highest BCUT2D eigenvalue weighted by Gasteiger charge is 2.36. The molecule has 8 aromatic rings. The topological polar surface area (TPSA) is 3.24 Å². The van der Waals surface area contributed by atoms with Gasteiger partial charge in [-0.3, -0.25) is 0 Å². The Morgan fingerprint density at radius 2 is 0.827 bits per heavy atom. The number of fused-ring (bicyclic) bond motifs is 3. The Labute approximate surface area is 307 Å². The molecule has 9 rings (SSSR count). The zero-order valence-electron chi connectivity index (χ0n) is 29.5. The van der Waals surface area contributed by atoms with E-state index in [0.29, 0.717) is 0 Å². The highest BCUT2D eigenvalue weighted by molar-refractivity contribution is 6.01. The van der Waals surface area contributed by atoms with Crippen molar-refractivity contribution >= 4 is 17.1 Å². The van der Waals surface area contributed by atoms with Crippen molar-refractivity contribution < 1.29 is 0 Å². The summed E-state index contributed by atoms with van der Waals surface area (Å²) >= 11 is 0. The fourth-order valence-corrected chi connectivity index (χ4v) is 8.15. The molecule has 248 valence electrons. The Morgan fingerprint density at radius 1 is 0.327 bits per heavy atom. The lowest BCUT2D eigenvalue weighted by molar-refractivity contribution is 0.660. The minimum absolute atomic E-state index is 0.131. The van der Waals surface area contributed by atoms with Gasteiger partial charge in [0.15, 0.2) is 0 Å². The average Bonchev–Trinajstić information content (AvgIpc) is 3.44. The number of hydrogen-bond donors (Lipinski definition) is 0. The van der Waals surface area contributed by atoms with E-state index in [9.17, 15) is 0 Å². The van der Waals surface area contributed by atoms with Gasteiger partial charge in [-0.25, -0.2) is 0 Å². The normalized spacial score (nSPS) is 12.6. The number of rotatable bonds is 7. The summed E-state index contributed by atoms with van der Waals surface area (Å²) in [7, 11) is 0. The van der Waals surface area contributed by atoms with Crippen molar-refractivity contribution in [2.45, 2.75) is 19.3 Å². The van der Waals surface area contributed by atoms with E-state index in [-0.39, 0.29) is 5.41 Å². The molecule has 0 radical (unpaired) electrons. The number of benzene rings is 8. The van der Waals surface area contributed by atoms with E-state index in [1.807, 2.05) is 0 Å². The largest absolute Gasteiger partial charge is 0.310 e. The molecule has 1 heteroatoms. The molecular weight excluding hydrogens is 627 g/mol. The Morgan fingerprint density at radius 3 is 1.54 bits per heavy atom. The molecule has 52 heavy (non-hydrogen) atoms. The third kappa shape index (κ3) is 5.43. The summed E-state index contributed by atoms with van der Waals surface area (Å²) in [6, 6.07) is 72.9. The third-order valence-corrected chi connectivity index (χ3v) is 10.7. The molecule has 0 N–H and O–H groups in total. The molecule has 0 saturated heterocycles. The lowest BCUT2D eigenvalue weighted by atomic mass is 9.82. The fourth-order valence-electron chi connectivity index (χ4n) is 8.15. The Bertz CT molecular complexity index is 2530. The van der Waals surface area contributed by atoms with Crippen LogP contribution in [0.25, 0.3) is 55.6 Å². The molecule has 0 heterocycles. The van der Waals surface area contributed by atoms with Gasteiger partial charge in [0.2, 0.25) is 0 Å². The molecule has 0 bridgehead atoms. The monoisotopic (exact) mass is 665 g/mol. The number of nitrogens with zero attached hydrogens (tertiary/aromatic N) is 1. The van der Waals surface area contributed by atoms with Crippen LogP contribution in [-0.4, -0.2) is 0 Å². The first-order chi connectivity index (χ1) is 25.6. The van der Waals surface area contributed by atoms with Crippen LogP contribution < -0.4 is 4.90 Å². The van der Waals surface area contributed by atoms with Crippen LogP contribution >= 0.6 is 0 Å². The summed E-state index contributed by atoms with van der Waals surface area (Å²) in [4.78, 5) is 2.48. The lowest BCUT2D eigenvalue weighted by Gasteiger charge is -2.31. The SMILES string of the molecule is CC1(C)c2ccccc2-c2ccc(N(c3cccc(-c4ccccc4)c3)c3cccc(-c4ccccc4)c3-c3ccccc3-c3ccccc3)cc21. The fraction of sp³-hybridized carbons (Fsp3) is 0.0588. The minimum Gasteiger partial charge on any atom is -0.310 e. The van der Waals surface area contributed by atoms with Crippen molar-refractivity contribution in [3.63, 3.8) is 0 Å². The van der Waals surface area contributed by atoms with E-state index in [1.165, 1.54) is 66.8 Å². The summed E-state index contributed by atoms with van der Waals surface area (Å²) in [5, 5.41) is 0. The van der Waals surface area contributed by atoms with Crippen molar-refractivity contribution in [2.24, 2.45) is 0 Å². The smallest absolute Gasteiger partial charge is 0.0546 e. The molecule has 0 unspecified atom stereocenters. The Balaban J connectivity index is 1.34. The molecule has 8 aromatic carbocycles. The first-order valence-electron chi connectivity index (χ1n) is 18.1. The van der Waals surface area contributed by atoms with Gasteiger partial charge in [0.05, 0.1) is 5.69 Å². The zero-order valence-corrected chi connectivity index (χ0v) is 29.5. The predicted octanol–water partition coefficient (Wildman–Crippen LogP) is 14.1. The van der Waals surface area contributed by atoms with Gasteiger partial charge in [-0.2, -0.15) is 0 Å². The van der Waals surface area contributed by atoms with Crippen molar-refractivity contribution in [2.75, 3.05) is 4.90 Å². The maximum Gasteiger partial charge on any atom is 0.0546 e. The molecule has 0 atom stereocenters. The molecule has 0 aliphatic heterocycles. The van der Waals surface area contributed by atoms with Crippen LogP contribution in [-0.2, 0) is 5.41 Å². The minimum atomic E-state index is -0.131. The van der Waals surface area contributed by atoms with Gasteiger partial charge in [-0.05, 0) is 91.5 Å². The van der Waals surface area contributed by atoms with Crippen LogP contribution in [0.15, 0.2) is 200 Å². The van der Waals surface area contributed by atoms with Crippen LogP contribution in [0.3, 0.4) is 0 Å². The van der Waals surface area contributed by atoms with Gasteiger partial charge >= 0.3 is 0 Å². The maximum absolute atomic E-state index is 2.48. The van der Waals surface area contributed by atoms with Gasteiger partial charge in [-0.15, -0.1) is 0 Å². The molecule has 1 aliphatic carbocycles. The molecule has 1 nitrogen and oxygen atoms in total. The van der Waals surface area contributed by atoms with E-state index in [1.54, 1.807) is 0 Å². The summed E-state index contributed by atoms with van der Waals surface area (Å²) in [5.74, 6) is 0. The first-order valence-corrected chi connectivity index (χ1v) is 18.1. The number of hydrogen-bond acceptors (Lipinski definition) is 1. The maximum atomic E-state index is 2.48. The van der Waals surface area contributed by atoms with Crippen molar-refractivity contribution in [3.8, 4) is 55.6 Å². The Hall–Kier alpha value is -6.44. The van der Waals surface area contributed by atoms with E-state index < -0.39 is 0 Å². The third-order valence-electron chi connectivity index (χ3n) is 10.7. The van der Waals surface area contributed by atoms with Gasteiger partial charge < -0.3 is 4.90 Å². The van der Waals surface area contributed by atoms with Gasteiger partial charge in [0.25, 0.3) is 0 Å². The standard InChI is InChI=1S/C51H39N/c1-51(2)47-30-15-14-27-44(47)45-33-32-41(35-48(45)51)52(40-25-16-24-39(34-40)36-18-6-3-7-19-36)49-31-17-29-43(38-22-10-5-11-23-38)50(49)46-28-13-12-26-42(46)37-20-8-4-9-21-37/h3-35H,1-2H3. The first kappa shape index (κ1) is 31.5. The second-order valence-corrected chi connectivity index (χ2v) is 14.1. The highest BCUT2D eigenvalue weighted by atomic mass is 15.1. The van der Waals surface area contributed by atoms with Crippen molar-refractivity contribution in [3.05, 3.63) is 211 Å². The summed E-state index contributed by atoms with van der Waals surface area (Å²) in [5.41, 5.74) is 18.2. The van der Waals surface area contributed by atoms with Gasteiger partial charge in [-0.1, -0.05) is 184 Å². The molecule has 0 fully saturated rings. The number of anilines is 3. The second kappa shape index (κ2) is 13.0. The lowest BCUT2D eigenvalue weighted by Crippen LogP contribution is -2.17. The summed E-state index contributed by atoms with van der Waals surface area (Å²) < 4.78 is 0. The molecule has 0 aromatic heterocycles.